The van der Waals surface area contributed by atoms with Crippen molar-refractivity contribution in [3.63, 3.8) is 0 Å². The van der Waals surface area contributed by atoms with Gasteiger partial charge in [0.15, 0.2) is 0 Å². The molecule has 0 bridgehead atoms. The van der Waals surface area contributed by atoms with Crippen LogP contribution >= 0.6 is 11.6 Å². The highest BCUT2D eigenvalue weighted by Gasteiger charge is 2.33. The molecule has 0 fully saturated rings. The minimum absolute atomic E-state index is 0.0266. The molecule has 4 aromatic rings. The van der Waals surface area contributed by atoms with Crippen LogP contribution in [-0.2, 0) is 6.61 Å². The van der Waals surface area contributed by atoms with Gasteiger partial charge in [0.25, 0.3) is 5.91 Å². The van der Waals surface area contributed by atoms with E-state index in [1.54, 1.807) is 0 Å². The third kappa shape index (κ3) is 4.43. The van der Waals surface area contributed by atoms with E-state index in [-0.39, 0.29) is 12.1 Å². The molecule has 0 aliphatic carbocycles. The van der Waals surface area contributed by atoms with Crippen molar-refractivity contribution in [1.29, 1.82) is 0 Å². The predicted molar refractivity (Wildman–Crippen MR) is 133 cm³/mol. The summed E-state index contributed by atoms with van der Waals surface area (Å²) in [5, 5.41) is 4.25. The Labute approximate surface area is 198 Å². The number of hydrogen-bond acceptors (Lipinski definition) is 3. The molecule has 1 N–H and O–H groups in total. The van der Waals surface area contributed by atoms with Crippen molar-refractivity contribution in [3.8, 4) is 5.75 Å². The van der Waals surface area contributed by atoms with E-state index in [9.17, 15) is 4.79 Å². The highest BCUT2D eigenvalue weighted by atomic mass is 35.5. The van der Waals surface area contributed by atoms with Crippen LogP contribution < -0.4 is 15.0 Å². The van der Waals surface area contributed by atoms with Gasteiger partial charge in [0.2, 0.25) is 0 Å². The lowest BCUT2D eigenvalue weighted by Gasteiger charge is -2.38. The summed E-state index contributed by atoms with van der Waals surface area (Å²) < 4.78 is 5.93. The van der Waals surface area contributed by atoms with E-state index in [2.05, 4.69) is 5.32 Å². The first-order chi connectivity index (χ1) is 16.1. The number of ether oxygens (including phenoxy) is 1. The van der Waals surface area contributed by atoms with Gasteiger partial charge in [-0.1, -0.05) is 65.7 Å². The Kier molecular flexibility index (Phi) is 5.76. The number of hydrogen-bond donors (Lipinski definition) is 1. The molecule has 0 saturated heterocycles. The molecule has 0 saturated carbocycles. The number of carbonyl (C=O) groups is 1. The average molecular weight is 455 g/mol. The maximum Gasteiger partial charge on any atom is 0.262 e. The van der Waals surface area contributed by atoms with Crippen LogP contribution in [0.5, 0.6) is 5.75 Å². The molecule has 0 radical (unpaired) electrons. The molecule has 1 heterocycles. The summed E-state index contributed by atoms with van der Waals surface area (Å²) in [5.74, 6) is 0.736. The van der Waals surface area contributed by atoms with Gasteiger partial charge < -0.3 is 10.1 Å². The molecule has 1 aliphatic rings. The molecule has 33 heavy (non-hydrogen) atoms. The highest BCUT2D eigenvalue weighted by molar-refractivity contribution is 6.30. The summed E-state index contributed by atoms with van der Waals surface area (Å²) in [6.07, 6.45) is -0.333. The molecule has 1 amide bonds. The lowest BCUT2D eigenvalue weighted by atomic mass is 10.0. The quantitative estimate of drug-likeness (QED) is 0.353. The molecule has 5 heteroatoms. The van der Waals surface area contributed by atoms with Gasteiger partial charge in [-0.3, -0.25) is 9.69 Å². The van der Waals surface area contributed by atoms with Crippen molar-refractivity contribution in [1.82, 2.24) is 0 Å². The van der Waals surface area contributed by atoms with Gasteiger partial charge in [0, 0.05) is 16.4 Å². The number of amides is 1. The van der Waals surface area contributed by atoms with Gasteiger partial charge in [-0.2, -0.15) is 0 Å². The van der Waals surface area contributed by atoms with Crippen molar-refractivity contribution < 1.29 is 9.53 Å². The van der Waals surface area contributed by atoms with Gasteiger partial charge in [0.05, 0.1) is 5.56 Å². The van der Waals surface area contributed by atoms with Crippen molar-refractivity contribution >= 4 is 28.9 Å². The first kappa shape index (κ1) is 21.1. The Hall–Kier alpha value is -3.76. The minimum Gasteiger partial charge on any atom is -0.489 e. The average Bonchev–Trinajstić information content (AvgIpc) is 2.85. The lowest BCUT2D eigenvalue weighted by Crippen LogP contribution is -2.43. The Morgan fingerprint density at radius 3 is 2.30 bits per heavy atom. The van der Waals surface area contributed by atoms with Crippen LogP contribution in [0, 0.1) is 6.92 Å². The fourth-order valence-corrected chi connectivity index (χ4v) is 4.08. The van der Waals surface area contributed by atoms with Crippen LogP contribution in [-0.4, -0.2) is 5.91 Å². The summed E-state index contributed by atoms with van der Waals surface area (Å²) in [7, 11) is 0. The number of fused-ring (bicyclic) bond motifs is 1. The van der Waals surface area contributed by atoms with Crippen LogP contribution in [0.15, 0.2) is 97.1 Å². The fraction of sp³-hybridized carbons (Fsp3) is 0.107. The standard InChI is InChI=1S/C28H23ClN2O2/c1-19-6-14-23(15-7-19)31-27(30-26-5-3-2-4-25(26)28(31)32)21-10-16-24(17-11-21)33-18-20-8-12-22(29)13-9-20/h2-17,27,30H,18H2,1H3. The fourth-order valence-electron chi connectivity index (χ4n) is 3.95. The predicted octanol–water partition coefficient (Wildman–Crippen LogP) is 7.00. The summed E-state index contributed by atoms with van der Waals surface area (Å²) >= 11 is 5.95. The zero-order chi connectivity index (χ0) is 22.8. The number of halogens is 1. The second-order valence-corrected chi connectivity index (χ2v) is 8.52. The molecule has 0 spiro atoms. The summed E-state index contributed by atoms with van der Waals surface area (Å²) in [6.45, 7) is 2.50. The van der Waals surface area contributed by atoms with Crippen molar-refractivity contribution in [2.24, 2.45) is 0 Å². The van der Waals surface area contributed by atoms with Crippen LogP contribution in [0.3, 0.4) is 0 Å². The van der Waals surface area contributed by atoms with E-state index in [0.29, 0.717) is 17.2 Å². The van der Waals surface area contributed by atoms with E-state index >= 15 is 0 Å². The molecule has 164 valence electrons. The zero-order valence-corrected chi connectivity index (χ0v) is 18.9. The Morgan fingerprint density at radius 2 is 1.58 bits per heavy atom. The number of nitrogens with one attached hydrogen (secondary N) is 1. The number of aryl methyl sites for hydroxylation is 1. The lowest BCUT2D eigenvalue weighted by molar-refractivity contribution is 0.0975. The summed E-state index contributed by atoms with van der Waals surface area (Å²) in [6, 6.07) is 31.1. The first-order valence-electron chi connectivity index (χ1n) is 10.8. The smallest absolute Gasteiger partial charge is 0.262 e. The van der Waals surface area contributed by atoms with E-state index in [1.807, 2.05) is 109 Å². The molecular weight excluding hydrogens is 432 g/mol. The van der Waals surface area contributed by atoms with Gasteiger partial charge in [-0.15, -0.1) is 0 Å². The maximum absolute atomic E-state index is 13.5. The van der Waals surface area contributed by atoms with Gasteiger partial charge in [-0.05, 0) is 66.6 Å². The summed E-state index contributed by atoms with van der Waals surface area (Å²) in [4.78, 5) is 15.3. The molecule has 1 unspecified atom stereocenters. The molecule has 0 aromatic heterocycles. The van der Waals surface area contributed by atoms with Crippen LogP contribution in [0.4, 0.5) is 11.4 Å². The Balaban J connectivity index is 1.42. The molecule has 1 aliphatic heterocycles. The monoisotopic (exact) mass is 454 g/mol. The van der Waals surface area contributed by atoms with Crippen LogP contribution in [0.1, 0.15) is 33.2 Å². The number of nitrogens with zero attached hydrogens (tertiary/aromatic N) is 1. The van der Waals surface area contributed by atoms with Gasteiger partial charge in [-0.25, -0.2) is 0 Å². The number of para-hydroxylation sites is 1. The number of anilines is 2. The highest BCUT2D eigenvalue weighted by Crippen LogP contribution is 2.37. The van der Waals surface area contributed by atoms with E-state index < -0.39 is 0 Å². The van der Waals surface area contributed by atoms with Crippen molar-refractivity contribution in [2.75, 3.05) is 10.2 Å². The van der Waals surface area contributed by atoms with Crippen molar-refractivity contribution in [3.05, 3.63) is 124 Å². The number of carbonyl (C=O) groups excluding carboxylic acids is 1. The molecule has 4 nitrogen and oxygen atoms in total. The normalized spacial score (nSPS) is 15.0. The molecular formula is C28H23ClN2O2. The Bertz CT molecular complexity index is 1270. The maximum atomic E-state index is 13.5. The number of benzene rings is 4. The Morgan fingerprint density at radius 1 is 0.879 bits per heavy atom. The molecule has 5 rings (SSSR count). The second-order valence-electron chi connectivity index (χ2n) is 8.09. The zero-order valence-electron chi connectivity index (χ0n) is 18.2. The van der Waals surface area contributed by atoms with Crippen LogP contribution in [0.2, 0.25) is 5.02 Å². The SMILES string of the molecule is Cc1ccc(N2C(=O)c3ccccc3NC2c2ccc(OCc3ccc(Cl)cc3)cc2)cc1. The second kappa shape index (κ2) is 9.00. The van der Waals surface area contributed by atoms with Crippen LogP contribution in [0.25, 0.3) is 0 Å². The molecule has 1 atom stereocenters. The molecule has 4 aromatic carbocycles. The van der Waals surface area contributed by atoms with Gasteiger partial charge >= 0.3 is 0 Å². The third-order valence-electron chi connectivity index (χ3n) is 5.75. The summed E-state index contributed by atoms with van der Waals surface area (Å²) in [5.41, 5.74) is 5.51. The van der Waals surface area contributed by atoms with E-state index in [4.69, 9.17) is 16.3 Å². The van der Waals surface area contributed by atoms with E-state index in [1.165, 1.54) is 0 Å². The minimum atomic E-state index is -0.333. The first-order valence-corrected chi connectivity index (χ1v) is 11.2. The third-order valence-corrected chi connectivity index (χ3v) is 6.01. The largest absolute Gasteiger partial charge is 0.489 e. The van der Waals surface area contributed by atoms with E-state index in [0.717, 1.165) is 33.8 Å². The topological polar surface area (TPSA) is 41.6 Å². The van der Waals surface area contributed by atoms with Crippen molar-refractivity contribution in [2.45, 2.75) is 19.7 Å². The van der Waals surface area contributed by atoms with Gasteiger partial charge in [0.1, 0.15) is 18.5 Å². The number of rotatable bonds is 5.